The van der Waals surface area contributed by atoms with Crippen LogP contribution in [0.25, 0.3) is 0 Å². The van der Waals surface area contributed by atoms with Gasteiger partial charge in [-0.3, -0.25) is 0 Å². The molecule has 0 amide bonds. The molecule has 1 rings (SSSR count). The van der Waals surface area contributed by atoms with Gasteiger partial charge in [0.25, 0.3) is 0 Å². The van der Waals surface area contributed by atoms with E-state index in [0.29, 0.717) is 0 Å². The fourth-order valence-corrected chi connectivity index (χ4v) is 0.888. The van der Waals surface area contributed by atoms with Crippen LogP contribution in [0, 0.1) is 34.6 Å². The zero-order valence-electron chi connectivity index (χ0n) is 7.81. The Morgan fingerprint density at radius 1 is 1.25 bits per heavy atom. The molecular weight excluding hydrogens is 228 g/mol. The number of nitrogens with two attached hydrogens (primary N) is 1. The first kappa shape index (κ1) is 12.3. The van der Waals surface area contributed by atoms with Gasteiger partial charge in [-0.25, -0.2) is 8.78 Å². The van der Waals surface area contributed by atoms with Crippen LogP contribution < -0.4 is 10.5 Å². The minimum Gasteiger partial charge on any atom is -0.485 e. The van der Waals surface area contributed by atoms with Gasteiger partial charge >= 0.3 is 0 Å². The van der Waals surface area contributed by atoms with Gasteiger partial charge in [-0.15, -0.1) is 0 Å². The SMILES string of the molecule is N#CC(N)COc1c(F)c(F)cc(F)c1F. The van der Waals surface area contributed by atoms with Gasteiger partial charge in [0.2, 0.25) is 11.6 Å². The maximum Gasteiger partial charge on any atom is 0.203 e. The quantitative estimate of drug-likeness (QED) is 0.636. The molecule has 0 aliphatic carbocycles. The molecule has 86 valence electrons. The monoisotopic (exact) mass is 234 g/mol. The Morgan fingerprint density at radius 2 is 1.75 bits per heavy atom. The summed E-state index contributed by atoms with van der Waals surface area (Å²) in [6, 6.07) is 0.433. The first-order valence-corrected chi connectivity index (χ1v) is 4.08. The summed E-state index contributed by atoms with van der Waals surface area (Å²) in [5.41, 5.74) is 5.08. The van der Waals surface area contributed by atoms with Gasteiger partial charge in [-0.05, 0) is 0 Å². The molecule has 0 bridgehead atoms. The van der Waals surface area contributed by atoms with Crippen LogP contribution in [0.2, 0.25) is 0 Å². The van der Waals surface area contributed by atoms with Crippen LogP contribution in [-0.4, -0.2) is 12.6 Å². The first-order chi connectivity index (χ1) is 7.47. The summed E-state index contributed by atoms with van der Waals surface area (Å²) in [5.74, 6) is -7.71. The van der Waals surface area contributed by atoms with Crippen LogP contribution >= 0.6 is 0 Å². The largest absolute Gasteiger partial charge is 0.485 e. The van der Waals surface area contributed by atoms with E-state index in [9.17, 15) is 17.6 Å². The number of halogens is 4. The molecule has 0 aliphatic heterocycles. The van der Waals surface area contributed by atoms with E-state index >= 15 is 0 Å². The fraction of sp³-hybridized carbons (Fsp3) is 0.222. The number of hydrogen-bond donors (Lipinski definition) is 1. The van der Waals surface area contributed by atoms with Crippen molar-refractivity contribution in [3.8, 4) is 11.8 Å². The average molecular weight is 234 g/mol. The lowest BCUT2D eigenvalue weighted by Crippen LogP contribution is -2.26. The molecule has 0 heterocycles. The second-order valence-electron chi connectivity index (χ2n) is 2.84. The topological polar surface area (TPSA) is 59.0 Å². The van der Waals surface area contributed by atoms with Crippen molar-refractivity contribution in [2.75, 3.05) is 6.61 Å². The highest BCUT2D eigenvalue weighted by molar-refractivity contribution is 5.28. The van der Waals surface area contributed by atoms with Crippen molar-refractivity contribution in [3.63, 3.8) is 0 Å². The minimum absolute atomic E-state index is 0.0573. The van der Waals surface area contributed by atoms with Crippen LogP contribution in [0.3, 0.4) is 0 Å². The van der Waals surface area contributed by atoms with Gasteiger partial charge in [0.05, 0.1) is 6.07 Å². The second kappa shape index (κ2) is 4.81. The number of nitrogens with zero attached hydrogens (tertiary/aromatic N) is 1. The summed E-state index contributed by atoms with van der Waals surface area (Å²) in [6.45, 7) is -0.576. The number of nitriles is 1. The van der Waals surface area contributed by atoms with Crippen molar-refractivity contribution in [2.45, 2.75) is 6.04 Å². The molecule has 0 saturated carbocycles. The summed E-state index contributed by atoms with van der Waals surface area (Å²) in [7, 11) is 0. The molecule has 0 fully saturated rings. The van der Waals surface area contributed by atoms with Gasteiger partial charge in [-0.1, -0.05) is 0 Å². The van der Waals surface area contributed by atoms with Gasteiger partial charge in [-0.2, -0.15) is 14.0 Å². The van der Waals surface area contributed by atoms with E-state index < -0.39 is 41.7 Å². The van der Waals surface area contributed by atoms with Crippen LogP contribution in [0.5, 0.6) is 5.75 Å². The highest BCUT2D eigenvalue weighted by atomic mass is 19.2. The molecule has 1 unspecified atom stereocenters. The van der Waals surface area contributed by atoms with Crippen molar-refractivity contribution in [1.82, 2.24) is 0 Å². The number of hydrogen-bond acceptors (Lipinski definition) is 3. The van der Waals surface area contributed by atoms with Crippen molar-refractivity contribution in [3.05, 3.63) is 29.3 Å². The van der Waals surface area contributed by atoms with E-state index in [1.54, 1.807) is 0 Å². The predicted octanol–water partition coefficient (Wildman–Crippen LogP) is 1.47. The molecule has 7 heteroatoms. The molecule has 0 aliphatic rings. The normalized spacial score (nSPS) is 12.0. The first-order valence-electron chi connectivity index (χ1n) is 4.08. The Labute approximate surface area is 88.0 Å². The van der Waals surface area contributed by atoms with Crippen LogP contribution in [0.15, 0.2) is 6.07 Å². The van der Waals surface area contributed by atoms with Gasteiger partial charge in [0.15, 0.2) is 17.4 Å². The van der Waals surface area contributed by atoms with Gasteiger partial charge < -0.3 is 10.5 Å². The van der Waals surface area contributed by atoms with Crippen molar-refractivity contribution in [1.29, 1.82) is 5.26 Å². The molecular formula is C9H6F4N2O. The van der Waals surface area contributed by atoms with Crippen molar-refractivity contribution < 1.29 is 22.3 Å². The van der Waals surface area contributed by atoms with E-state index in [1.165, 1.54) is 6.07 Å². The summed E-state index contributed by atoms with van der Waals surface area (Å²) in [4.78, 5) is 0. The van der Waals surface area contributed by atoms with Gasteiger partial charge in [0.1, 0.15) is 12.6 Å². The summed E-state index contributed by atoms with van der Waals surface area (Å²) in [5, 5.41) is 8.27. The molecule has 0 aromatic heterocycles. The molecule has 0 radical (unpaired) electrons. The van der Waals surface area contributed by atoms with Crippen molar-refractivity contribution >= 4 is 0 Å². The lowest BCUT2D eigenvalue weighted by molar-refractivity contribution is 0.266. The zero-order valence-corrected chi connectivity index (χ0v) is 7.81. The molecule has 1 aromatic carbocycles. The Kier molecular flexibility index (Phi) is 3.68. The minimum atomic E-state index is -1.66. The molecule has 0 spiro atoms. The third-order valence-electron chi connectivity index (χ3n) is 1.64. The highest BCUT2D eigenvalue weighted by Crippen LogP contribution is 2.26. The number of benzene rings is 1. The number of rotatable bonds is 3. The summed E-state index contributed by atoms with van der Waals surface area (Å²) >= 11 is 0. The van der Waals surface area contributed by atoms with Crippen LogP contribution in [0.4, 0.5) is 17.6 Å². The van der Waals surface area contributed by atoms with Crippen molar-refractivity contribution in [2.24, 2.45) is 5.73 Å². The lowest BCUT2D eigenvalue weighted by Gasteiger charge is -2.09. The standard InChI is InChI=1S/C9H6F4N2O/c10-5-1-6(11)8(13)9(7(5)12)16-3-4(15)2-14/h1,4H,3,15H2. The smallest absolute Gasteiger partial charge is 0.203 e. The zero-order chi connectivity index (χ0) is 12.3. The van der Waals surface area contributed by atoms with E-state index in [0.717, 1.165) is 0 Å². The predicted molar refractivity (Wildman–Crippen MR) is 45.4 cm³/mol. The van der Waals surface area contributed by atoms with Crippen LogP contribution in [0.1, 0.15) is 0 Å². The third kappa shape index (κ3) is 2.41. The lowest BCUT2D eigenvalue weighted by atomic mass is 10.3. The molecule has 1 atom stereocenters. The Hall–Kier alpha value is -1.81. The summed E-state index contributed by atoms with van der Waals surface area (Å²) < 4.78 is 55.7. The molecule has 3 nitrogen and oxygen atoms in total. The maximum atomic E-state index is 13.0. The molecule has 2 N–H and O–H groups in total. The summed E-state index contributed by atoms with van der Waals surface area (Å²) in [6.07, 6.45) is 0. The Morgan fingerprint density at radius 3 is 2.19 bits per heavy atom. The molecule has 0 saturated heterocycles. The van der Waals surface area contributed by atoms with E-state index in [2.05, 4.69) is 4.74 Å². The molecule has 1 aromatic rings. The van der Waals surface area contributed by atoms with Gasteiger partial charge in [0, 0.05) is 6.07 Å². The number of ether oxygens (including phenoxy) is 1. The van der Waals surface area contributed by atoms with E-state index in [1.807, 2.05) is 0 Å². The Bertz CT molecular complexity index is 418. The second-order valence-corrected chi connectivity index (χ2v) is 2.84. The van der Waals surface area contributed by atoms with E-state index in [-0.39, 0.29) is 6.07 Å². The Balaban J connectivity index is 3.00. The molecule has 16 heavy (non-hydrogen) atoms. The van der Waals surface area contributed by atoms with E-state index in [4.69, 9.17) is 11.0 Å². The highest BCUT2D eigenvalue weighted by Gasteiger charge is 2.21. The average Bonchev–Trinajstić information content (AvgIpc) is 2.26. The maximum absolute atomic E-state index is 13.0. The van der Waals surface area contributed by atoms with Crippen LogP contribution in [-0.2, 0) is 0 Å². The third-order valence-corrected chi connectivity index (χ3v) is 1.64. The fourth-order valence-electron chi connectivity index (χ4n) is 0.888.